The van der Waals surface area contributed by atoms with Crippen LogP contribution < -0.4 is 11.3 Å². The normalized spacial score (nSPS) is 10.3. The quantitative estimate of drug-likeness (QED) is 0.796. The monoisotopic (exact) mass is 216 g/mol. The molecule has 2 rings (SSSR count). The van der Waals surface area contributed by atoms with Gasteiger partial charge in [-0.3, -0.25) is 9.78 Å². The van der Waals surface area contributed by atoms with Crippen LogP contribution in [0.15, 0.2) is 35.5 Å². The summed E-state index contributed by atoms with van der Waals surface area (Å²) in [5.41, 5.74) is 7.63. The van der Waals surface area contributed by atoms with Crippen molar-refractivity contribution in [3.8, 4) is 0 Å². The molecule has 2 aromatic heterocycles. The van der Waals surface area contributed by atoms with Crippen molar-refractivity contribution < 1.29 is 0 Å². The number of rotatable bonds is 2. The molecule has 0 atom stereocenters. The fourth-order valence-corrected chi connectivity index (χ4v) is 1.44. The molecule has 0 fully saturated rings. The number of anilines is 1. The number of nitrogen functional groups attached to an aromatic ring is 1. The molecule has 0 aliphatic carbocycles. The van der Waals surface area contributed by atoms with Gasteiger partial charge in [0.05, 0.1) is 18.4 Å². The Morgan fingerprint density at radius 2 is 2.12 bits per heavy atom. The molecule has 16 heavy (non-hydrogen) atoms. The highest BCUT2D eigenvalue weighted by atomic mass is 16.1. The molecular weight excluding hydrogens is 204 g/mol. The van der Waals surface area contributed by atoms with Crippen molar-refractivity contribution in [2.75, 3.05) is 5.73 Å². The summed E-state index contributed by atoms with van der Waals surface area (Å²) < 4.78 is 1.35. The first kappa shape index (κ1) is 10.4. The lowest BCUT2D eigenvalue weighted by atomic mass is 10.2. The molecule has 0 amide bonds. The Balaban J connectivity index is 2.31. The van der Waals surface area contributed by atoms with Gasteiger partial charge in [0.25, 0.3) is 5.56 Å². The van der Waals surface area contributed by atoms with Gasteiger partial charge in [-0.2, -0.15) is 5.10 Å². The van der Waals surface area contributed by atoms with Crippen LogP contribution >= 0.6 is 0 Å². The zero-order chi connectivity index (χ0) is 11.5. The highest BCUT2D eigenvalue weighted by Crippen LogP contribution is 2.02. The van der Waals surface area contributed by atoms with Crippen molar-refractivity contribution in [2.24, 2.45) is 0 Å². The Labute approximate surface area is 92.6 Å². The summed E-state index contributed by atoms with van der Waals surface area (Å²) in [5, 5.41) is 3.95. The van der Waals surface area contributed by atoms with Crippen LogP contribution in [0.5, 0.6) is 0 Å². The fraction of sp³-hybridized carbons (Fsp3) is 0.182. The van der Waals surface area contributed by atoms with Gasteiger partial charge in [-0.15, -0.1) is 0 Å². The molecule has 0 aliphatic heterocycles. The summed E-state index contributed by atoms with van der Waals surface area (Å²) in [5.74, 6) is 0. The van der Waals surface area contributed by atoms with Gasteiger partial charge in [-0.1, -0.05) is 6.07 Å². The van der Waals surface area contributed by atoms with E-state index < -0.39 is 0 Å². The van der Waals surface area contributed by atoms with Gasteiger partial charge in [0.2, 0.25) is 0 Å². The summed E-state index contributed by atoms with van der Waals surface area (Å²) >= 11 is 0. The summed E-state index contributed by atoms with van der Waals surface area (Å²) in [6.07, 6.45) is 4.95. The molecule has 0 saturated heterocycles. The molecule has 5 heteroatoms. The molecule has 0 aromatic carbocycles. The number of aryl methyl sites for hydroxylation is 1. The van der Waals surface area contributed by atoms with E-state index in [2.05, 4.69) is 10.1 Å². The highest BCUT2D eigenvalue weighted by molar-refractivity contribution is 5.31. The van der Waals surface area contributed by atoms with Gasteiger partial charge < -0.3 is 5.73 Å². The largest absolute Gasteiger partial charge is 0.397 e. The predicted molar refractivity (Wildman–Crippen MR) is 61.0 cm³/mol. The molecule has 5 nitrogen and oxygen atoms in total. The molecule has 0 saturated carbocycles. The standard InChI is InChI=1S/C11H12N4O/c1-8-2-9(5-13-4-8)7-15-11(16)3-10(12)6-14-15/h2-6H,7,12H2,1H3. The van der Waals surface area contributed by atoms with Gasteiger partial charge >= 0.3 is 0 Å². The van der Waals surface area contributed by atoms with Crippen LogP contribution in [-0.2, 0) is 6.54 Å². The molecule has 0 spiro atoms. The third kappa shape index (κ3) is 2.25. The summed E-state index contributed by atoms with van der Waals surface area (Å²) in [6.45, 7) is 2.36. The van der Waals surface area contributed by atoms with E-state index in [0.717, 1.165) is 11.1 Å². The Morgan fingerprint density at radius 1 is 1.31 bits per heavy atom. The minimum absolute atomic E-state index is 0.207. The van der Waals surface area contributed by atoms with E-state index >= 15 is 0 Å². The van der Waals surface area contributed by atoms with Crippen molar-refractivity contribution in [3.05, 3.63) is 52.2 Å². The minimum Gasteiger partial charge on any atom is -0.397 e. The van der Waals surface area contributed by atoms with Gasteiger partial charge in [0.15, 0.2) is 0 Å². The predicted octanol–water partition coefficient (Wildman–Crippen LogP) is 0.577. The number of hydrogen-bond acceptors (Lipinski definition) is 4. The SMILES string of the molecule is Cc1cncc(Cn2ncc(N)cc2=O)c1. The molecule has 2 N–H and O–H groups in total. The Kier molecular flexibility index (Phi) is 2.68. The lowest BCUT2D eigenvalue weighted by molar-refractivity contribution is 0.638. The second kappa shape index (κ2) is 4.14. The van der Waals surface area contributed by atoms with Gasteiger partial charge in [-0.05, 0) is 18.1 Å². The van der Waals surface area contributed by atoms with Gasteiger partial charge in [0.1, 0.15) is 0 Å². The van der Waals surface area contributed by atoms with Crippen molar-refractivity contribution in [1.82, 2.24) is 14.8 Å². The van der Waals surface area contributed by atoms with E-state index in [1.54, 1.807) is 12.4 Å². The smallest absolute Gasteiger partial charge is 0.269 e. The first-order chi connectivity index (χ1) is 7.65. The number of pyridine rings is 1. The zero-order valence-electron chi connectivity index (χ0n) is 8.92. The van der Waals surface area contributed by atoms with Crippen molar-refractivity contribution >= 4 is 5.69 Å². The van der Waals surface area contributed by atoms with Crippen molar-refractivity contribution in [2.45, 2.75) is 13.5 Å². The molecule has 0 aliphatic rings. The Hall–Kier alpha value is -2.17. The van der Waals surface area contributed by atoms with E-state index in [9.17, 15) is 4.79 Å². The molecule has 2 aromatic rings. The van der Waals surface area contributed by atoms with Crippen molar-refractivity contribution in [3.63, 3.8) is 0 Å². The summed E-state index contributed by atoms with van der Waals surface area (Å²) in [6, 6.07) is 3.33. The maximum absolute atomic E-state index is 11.5. The number of aromatic nitrogens is 3. The van der Waals surface area contributed by atoms with Crippen LogP contribution in [0.1, 0.15) is 11.1 Å². The number of nitrogens with zero attached hydrogens (tertiary/aromatic N) is 3. The first-order valence-corrected chi connectivity index (χ1v) is 4.88. The second-order valence-corrected chi connectivity index (χ2v) is 3.66. The maximum Gasteiger partial charge on any atom is 0.269 e. The van der Waals surface area contributed by atoms with Crippen LogP contribution in [0.3, 0.4) is 0 Å². The van der Waals surface area contributed by atoms with Crippen LogP contribution in [0, 0.1) is 6.92 Å². The lowest BCUT2D eigenvalue weighted by Crippen LogP contribution is -2.22. The number of nitrogens with two attached hydrogens (primary N) is 1. The third-order valence-corrected chi connectivity index (χ3v) is 2.15. The second-order valence-electron chi connectivity index (χ2n) is 3.66. The zero-order valence-corrected chi connectivity index (χ0v) is 8.92. The van der Waals surface area contributed by atoms with E-state index in [4.69, 9.17) is 5.73 Å². The fourth-order valence-electron chi connectivity index (χ4n) is 1.44. The maximum atomic E-state index is 11.5. The Bertz CT molecular complexity index is 562. The minimum atomic E-state index is -0.207. The molecule has 82 valence electrons. The highest BCUT2D eigenvalue weighted by Gasteiger charge is 2.00. The average Bonchev–Trinajstić information content (AvgIpc) is 2.22. The third-order valence-electron chi connectivity index (χ3n) is 2.15. The number of hydrogen-bond donors (Lipinski definition) is 1. The summed E-state index contributed by atoms with van der Waals surface area (Å²) in [4.78, 5) is 15.6. The van der Waals surface area contributed by atoms with Gasteiger partial charge in [0, 0.05) is 18.5 Å². The summed E-state index contributed by atoms with van der Waals surface area (Å²) in [7, 11) is 0. The van der Waals surface area contributed by atoms with E-state index in [-0.39, 0.29) is 5.56 Å². The van der Waals surface area contributed by atoms with Crippen LogP contribution in [0.2, 0.25) is 0 Å². The Morgan fingerprint density at radius 3 is 2.81 bits per heavy atom. The van der Waals surface area contributed by atoms with E-state index in [0.29, 0.717) is 12.2 Å². The van der Waals surface area contributed by atoms with Crippen LogP contribution in [0.25, 0.3) is 0 Å². The first-order valence-electron chi connectivity index (χ1n) is 4.88. The van der Waals surface area contributed by atoms with Crippen LogP contribution in [0.4, 0.5) is 5.69 Å². The van der Waals surface area contributed by atoms with Crippen LogP contribution in [-0.4, -0.2) is 14.8 Å². The average molecular weight is 216 g/mol. The molecular formula is C11H12N4O. The molecule has 0 bridgehead atoms. The lowest BCUT2D eigenvalue weighted by Gasteiger charge is -2.04. The molecule has 2 heterocycles. The molecule has 0 radical (unpaired) electrons. The topological polar surface area (TPSA) is 73.8 Å². The van der Waals surface area contributed by atoms with Crippen molar-refractivity contribution in [1.29, 1.82) is 0 Å². The van der Waals surface area contributed by atoms with E-state index in [1.165, 1.54) is 16.9 Å². The van der Waals surface area contributed by atoms with E-state index in [1.807, 2.05) is 13.0 Å². The molecule has 0 unspecified atom stereocenters. The van der Waals surface area contributed by atoms with Gasteiger partial charge in [-0.25, -0.2) is 4.68 Å².